The minimum Gasteiger partial charge on any atom is -0.811 e. The Morgan fingerprint density at radius 3 is 2.10 bits per heavy atom. The molecular formula is C10H22ClN4O5P. The van der Waals surface area contributed by atoms with E-state index in [1.54, 1.807) is 0 Å². The third kappa shape index (κ3) is 8.82. The molecule has 9 nitrogen and oxygen atoms in total. The standard InChI is InChI=1S/C10H16ClN2O5P.2H3N/c11-8-7(9(14)13-10(15)12-8)5-3-1-2-4-6-19(16,17)18;;/h1-6H2,(H2,16,17,18)(H2,12,13,14,15);2*1H3. The van der Waals surface area contributed by atoms with Crippen molar-refractivity contribution in [2.24, 2.45) is 0 Å². The Labute approximate surface area is 126 Å². The largest absolute Gasteiger partial charge is 0.811 e. The van der Waals surface area contributed by atoms with Crippen LogP contribution < -0.4 is 33.3 Å². The Morgan fingerprint density at radius 1 is 1.00 bits per heavy atom. The lowest BCUT2D eigenvalue weighted by molar-refractivity contribution is -0.313. The molecule has 0 bridgehead atoms. The number of aromatic nitrogens is 2. The van der Waals surface area contributed by atoms with Crippen molar-refractivity contribution in [1.82, 2.24) is 22.3 Å². The van der Waals surface area contributed by atoms with E-state index >= 15 is 0 Å². The Hall–Kier alpha value is -0.960. The molecule has 0 aliphatic heterocycles. The van der Waals surface area contributed by atoms with Gasteiger partial charge >= 0.3 is 5.69 Å². The highest BCUT2D eigenvalue weighted by atomic mass is 35.5. The van der Waals surface area contributed by atoms with Crippen LogP contribution in [0.25, 0.3) is 0 Å². The number of aromatic amines is 2. The topological polar surface area (TPSA) is 202 Å². The van der Waals surface area contributed by atoms with Gasteiger partial charge in [0.2, 0.25) is 0 Å². The highest BCUT2D eigenvalue weighted by Crippen LogP contribution is 2.25. The number of hydrogen-bond donors (Lipinski definition) is 4. The molecule has 0 amide bonds. The molecule has 1 aromatic rings. The van der Waals surface area contributed by atoms with Gasteiger partial charge in [-0.2, -0.15) is 0 Å². The van der Waals surface area contributed by atoms with Gasteiger partial charge in [0, 0.05) is 0 Å². The van der Waals surface area contributed by atoms with Crippen molar-refractivity contribution in [3.8, 4) is 0 Å². The zero-order valence-electron chi connectivity index (χ0n) is 12.1. The first-order valence-electron chi connectivity index (χ1n) is 5.81. The molecule has 0 fully saturated rings. The quantitative estimate of drug-likeness (QED) is 0.315. The Morgan fingerprint density at radius 2 is 1.57 bits per heavy atom. The fourth-order valence-corrected chi connectivity index (χ4v) is 2.55. The maximum Gasteiger partial charge on any atom is 0.326 e. The maximum atomic E-state index is 11.4. The minimum absolute atomic E-state index is 0. The molecule has 0 saturated carbocycles. The van der Waals surface area contributed by atoms with Crippen LogP contribution in [0.2, 0.25) is 5.15 Å². The van der Waals surface area contributed by atoms with Crippen molar-refractivity contribution < 1.29 is 14.4 Å². The predicted octanol–water partition coefficient (Wildman–Crippen LogP) is 0.486. The van der Waals surface area contributed by atoms with E-state index in [-0.39, 0.29) is 23.6 Å². The average molecular weight is 345 g/mol. The molecule has 0 aromatic carbocycles. The van der Waals surface area contributed by atoms with Gasteiger partial charge < -0.3 is 26.7 Å². The van der Waals surface area contributed by atoms with Crippen molar-refractivity contribution in [1.29, 1.82) is 0 Å². The highest BCUT2D eigenvalue weighted by molar-refractivity contribution is 7.48. The molecule has 21 heavy (non-hydrogen) atoms. The summed E-state index contributed by atoms with van der Waals surface area (Å²) in [7, 11) is -4.41. The Balaban J connectivity index is 0. The monoisotopic (exact) mass is 344 g/mol. The lowest BCUT2D eigenvalue weighted by atomic mass is 10.1. The molecule has 11 heteroatoms. The van der Waals surface area contributed by atoms with E-state index in [2.05, 4.69) is 9.97 Å². The molecule has 0 saturated heterocycles. The molecule has 0 unspecified atom stereocenters. The first-order valence-corrected chi connectivity index (χ1v) is 7.92. The molecule has 10 N–H and O–H groups in total. The van der Waals surface area contributed by atoms with E-state index in [0.717, 1.165) is 0 Å². The Bertz CT molecular complexity index is 582. The lowest BCUT2D eigenvalue weighted by Gasteiger charge is -2.29. The van der Waals surface area contributed by atoms with Crippen LogP contribution >= 0.6 is 19.2 Å². The molecule has 1 rings (SSSR count). The smallest absolute Gasteiger partial charge is 0.326 e. The number of H-pyrrole nitrogens is 2. The van der Waals surface area contributed by atoms with Gasteiger partial charge in [-0.3, -0.25) is 14.8 Å². The van der Waals surface area contributed by atoms with E-state index in [1.807, 2.05) is 0 Å². The molecule has 0 atom stereocenters. The van der Waals surface area contributed by atoms with Crippen LogP contribution in [0.3, 0.4) is 0 Å². The summed E-state index contributed by atoms with van der Waals surface area (Å²) < 4.78 is 10.4. The van der Waals surface area contributed by atoms with Crippen molar-refractivity contribution in [2.75, 3.05) is 6.16 Å². The van der Waals surface area contributed by atoms with Crippen LogP contribution in [0.5, 0.6) is 0 Å². The molecular weight excluding hydrogens is 323 g/mol. The fourth-order valence-electron chi connectivity index (χ4n) is 1.67. The molecule has 1 aromatic heterocycles. The van der Waals surface area contributed by atoms with Gasteiger partial charge in [0.05, 0.1) is 5.56 Å². The summed E-state index contributed by atoms with van der Waals surface area (Å²) >= 11 is 5.74. The minimum atomic E-state index is -4.41. The van der Waals surface area contributed by atoms with E-state index in [0.29, 0.717) is 37.7 Å². The third-order valence-electron chi connectivity index (χ3n) is 2.60. The van der Waals surface area contributed by atoms with Crippen LogP contribution in [-0.2, 0) is 11.0 Å². The van der Waals surface area contributed by atoms with Crippen LogP contribution in [0, 0.1) is 0 Å². The predicted molar refractivity (Wildman–Crippen MR) is 79.3 cm³/mol. The van der Waals surface area contributed by atoms with Crippen LogP contribution in [-0.4, -0.2) is 16.1 Å². The maximum absolute atomic E-state index is 11.4. The number of rotatable bonds is 7. The number of halogens is 1. The van der Waals surface area contributed by atoms with Crippen molar-refractivity contribution in [3.05, 3.63) is 31.6 Å². The summed E-state index contributed by atoms with van der Waals surface area (Å²) in [6.07, 6.45) is 2.25. The molecule has 0 radical (unpaired) electrons. The highest BCUT2D eigenvalue weighted by Gasteiger charge is 2.06. The molecule has 0 spiro atoms. The molecule has 1 heterocycles. The second-order valence-electron chi connectivity index (χ2n) is 4.20. The van der Waals surface area contributed by atoms with Gasteiger partial charge in [0.1, 0.15) is 5.15 Å². The lowest BCUT2D eigenvalue weighted by Crippen LogP contribution is -2.25. The van der Waals surface area contributed by atoms with Crippen LogP contribution in [0.15, 0.2) is 9.59 Å². The van der Waals surface area contributed by atoms with Gasteiger partial charge in [0.25, 0.3) is 5.56 Å². The average Bonchev–Trinajstić information content (AvgIpc) is 2.24. The molecule has 124 valence electrons. The van der Waals surface area contributed by atoms with Gasteiger partial charge in [-0.25, -0.2) is 4.79 Å². The second-order valence-corrected chi connectivity index (χ2v) is 6.25. The van der Waals surface area contributed by atoms with Gasteiger partial charge in [-0.15, -0.1) is 0 Å². The summed E-state index contributed by atoms with van der Waals surface area (Å²) in [6.45, 7) is 0. The fraction of sp³-hybridized carbons (Fsp3) is 0.600. The van der Waals surface area contributed by atoms with E-state index < -0.39 is 18.8 Å². The summed E-state index contributed by atoms with van der Waals surface area (Å²) in [5.74, 6) is 0. The van der Waals surface area contributed by atoms with E-state index in [9.17, 15) is 23.9 Å². The summed E-state index contributed by atoms with van der Waals surface area (Å²) in [5, 5.41) is 0.0253. The van der Waals surface area contributed by atoms with Crippen molar-refractivity contribution in [3.63, 3.8) is 0 Å². The van der Waals surface area contributed by atoms with Crippen molar-refractivity contribution in [2.45, 2.75) is 32.1 Å². The second kappa shape index (κ2) is 9.88. The summed E-state index contributed by atoms with van der Waals surface area (Å²) in [5.41, 5.74) is -0.864. The van der Waals surface area contributed by atoms with E-state index in [1.165, 1.54) is 0 Å². The van der Waals surface area contributed by atoms with E-state index in [4.69, 9.17) is 11.6 Å². The zero-order chi connectivity index (χ0) is 14.5. The third-order valence-corrected chi connectivity index (χ3v) is 3.78. The summed E-state index contributed by atoms with van der Waals surface area (Å²) in [6, 6.07) is 0. The number of hydrogen-bond acceptors (Lipinski definition) is 5. The molecule has 0 aliphatic carbocycles. The van der Waals surface area contributed by atoms with Crippen LogP contribution in [0.1, 0.15) is 31.2 Å². The SMILES string of the molecule is O=c1[nH]c(Cl)c(CCCCCCP(=O)([O-])[O-])c(=O)[nH]1.[NH4+].[NH4+]. The normalized spacial score (nSPS) is 10.6. The van der Waals surface area contributed by atoms with Crippen LogP contribution in [0.4, 0.5) is 0 Å². The summed E-state index contributed by atoms with van der Waals surface area (Å²) in [4.78, 5) is 47.5. The number of quaternary nitrogens is 2. The first-order chi connectivity index (χ1) is 8.79. The Kier molecular flexibility index (Phi) is 10.5. The molecule has 0 aliphatic rings. The zero-order valence-corrected chi connectivity index (χ0v) is 13.8. The van der Waals surface area contributed by atoms with Gasteiger partial charge in [-0.1, -0.05) is 32.0 Å². The van der Waals surface area contributed by atoms with Crippen molar-refractivity contribution >= 4 is 19.2 Å². The van der Waals surface area contributed by atoms with Gasteiger partial charge in [0.15, 0.2) is 0 Å². The number of nitrogens with one attached hydrogen (secondary N) is 2. The number of unbranched alkanes of at least 4 members (excludes halogenated alkanes) is 3. The van der Waals surface area contributed by atoms with Gasteiger partial charge in [-0.05, 0) is 25.4 Å². The first kappa shape index (κ1) is 22.3.